The molecule has 5 nitrogen and oxygen atoms in total. The Morgan fingerprint density at radius 2 is 2.22 bits per heavy atom. The van der Waals surface area contributed by atoms with Gasteiger partial charge >= 0.3 is 5.97 Å². The molecular weight excluding hydrogens is 230 g/mol. The molecule has 100 valence electrons. The molecule has 0 bridgehead atoms. The van der Waals surface area contributed by atoms with Crippen molar-refractivity contribution in [2.45, 2.75) is 19.8 Å². The Bertz CT molecular complexity index is 407. The Kier molecular flexibility index (Phi) is 5.58. The number of rotatable bonds is 7. The van der Waals surface area contributed by atoms with E-state index in [0.29, 0.717) is 11.4 Å². The lowest BCUT2D eigenvalue weighted by atomic mass is 10.1. The first-order chi connectivity index (χ1) is 8.58. The van der Waals surface area contributed by atoms with Gasteiger partial charge < -0.3 is 15.3 Å². The summed E-state index contributed by atoms with van der Waals surface area (Å²) < 4.78 is 0. The fourth-order valence-corrected chi connectivity index (χ4v) is 1.67. The largest absolute Gasteiger partial charge is 0.478 e. The summed E-state index contributed by atoms with van der Waals surface area (Å²) in [5.74, 6) is -0.188. The second kappa shape index (κ2) is 6.96. The predicted molar refractivity (Wildman–Crippen MR) is 72.4 cm³/mol. The van der Waals surface area contributed by atoms with Gasteiger partial charge in [0.15, 0.2) is 0 Å². The Balaban J connectivity index is 2.98. The van der Waals surface area contributed by atoms with E-state index >= 15 is 0 Å². The van der Waals surface area contributed by atoms with Crippen molar-refractivity contribution in [1.82, 2.24) is 10.3 Å². The van der Waals surface area contributed by atoms with E-state index in [9.17, 15) is 4.79 Å². The van der Waals surface area contributed by atoms with Gasteiger partial charge in [-0.3, -0.25) is 0 Å². The molecule has 0 atom stereocenters. The van der Waals surface area contributed by atoms with E-state index in [1.807, 2.05) is 19.0 Å². The molecule has 0 spiro atoms. The number of hydrogen-bond donors (Lipinski definition) is 2. The van der Waals surface area contributed by atoms with Crippen molar-refractivity contribution in [1.29, 1.82) is 0 Å². The molecule has 2 N–H and O–H groups in total. The van der Waals surface area contributed by atoms with Gasteiger partial charge in [-0.15, -0.1) is 0 Å². The summed E-state index contributed by atoms with van der Waals surface area (Å²) in [5, 5.41) is 12.2. The quantitative estimate of drug-likeness (QED) is 0.766. The number of nitrogens with zero attached hydrogens (tertiary/aromatic N) is 2. The molecule has 0 unspecified atom stereocenters. The lowest BCUT2D eigenvalue weighted by molar-refractivity contribution is 0.0696. The lowest BCUT2D eigenvalue weighted by Crippen LogP contribution is -2.28. The number of aryl methyl sites for hydroxylation is 1. The molecule has 0 radical (unpaired) electrons. The number of likely N-dealkylation sites (N-methyl/N-ethyl adjacent to an activating group) is 2. The van der Waals surface area contributed by atoms with Gasteiger partial charge in [-0.1, -0.05) is 13.3 Å². The first kappa shape index (κ1) is 14.4. The molecular formula is C13H21N3O2. The minimum Gasteiger partial charge on any atom is -0.478 e. The fraction of sp³-hybridized carbons (Fsp3) is 0.538. The summed E-state index contributed by atoms with van der Waals surface area (Å²) in [6.45, 7) is 3.68. The molecule has 0 aliphatic rings. The van der Waals surface area contributed by atoms with Crippen LogP contribution in [-0.4, -0.2) is 43.2 Å². The molecule has 1 aromatic rings. The molecule has 5 heteroatoms. The Hall–Kier alpha value is -1.62. The lowest BCUT2D eigenvalue weighted by Gasteiger charge is -2.19. The van der Waals surface area contributed by atoms with Crippen LogP contribution in [0.1, 0.15) is 29.4 Å². The first-order valence-corrected chi connectivity index (χ1v) is 6.18. The molecule has 0 saturated carbocycles. The molecule has 1 aromatic heterocycles. The SMILES string of the molecule is CCCc1cc(C(=O)O)cc(N(C)CCNC)n1. The third-order valence-corrected chi connectivity index (χ3v) is 2.71. The number of anilines is 1. The van der Waals surface area contributed by atoms with Crippen LogP contribution in [0.4, 0.5) is 5.82 Å². The maximum absolute atomic E-state index is 11.1. The molecule has 0 aromatic carbocycles. The maximum Gasteiger partial charge on any atom is 0.335 e. The van der Waals surface area contributed by atoms with Crippen molar-refractivity contribution in [3.8, 4) is 0 Å². The van der Waals surface area contributed by atoms with Gasteiger partial charge in [0, 0.05) is 25.8 Å². The molecule has 0 saturated heterocycles. The average Bonchev–Trinajstić information content (AvgIpc) is 2.35. The van der Waals surface area contributed by atoms with E-state index in [1.165, 1.54) is 0 Å². The number of pyridine rings is 1. The Labute approximate surface area is 108 Å². The number of carboxylic acid groups (broad SMARTS) is 1. The number of carbonyl (C=O) groups is 1. The summed E-state index contributed by atoms with van der Waals surface area (Å²) in [5.41, 5.74) is 1.14. The fourth-order valence-electron chi connectivity index (χ4n) is 1.67. The summed E-state index contributed by atoms with van der Waals surface area (Å²) >= 11 is 0. The van der Waals surface area contributed by atoms with Crippen LogP contribution < -0.4 is 10.2 Å². The zero-order valence-electron chi connectivity index (χ0n) is 11.2. The molecule has 18 heavy (non-hydrogen) atoms. The van der Waals surface area contributed by atoms with Crippen molar-refractivity contribution < 1.29 is 9.90 Å². The van der Waals surface area contributed by atoms with E-state index in [2.05, 4.69) is 17.2 Å². The van der Waals surface area contributed by atoms with E-state index in [4.69, 9.17) is 5.11 Å². The van der Waals surface area contributed by atoms with Crippen LogP contribution in [0.3, 0.4) is 0 Å². The monoisotopic (exact) mass is 251 g/mol. The Morgan fingerprint density at radius 3 is 2.78 bits per heavy atom. The second-order valence-corrected chi connectivity index (χ2v) is 4.29. The van der Waals surface area contributed by atoms with Gasteiger partial charge in [0.05, 0.1) is 5.56 Å². The third kappa shape index (κ3) is 4.00. The average molecular weight is 251 g/mol. The van der Waals surface area contributed by atoms with Crippen molar-refractivity contribution in [3.05, 3.63) is 23.4 Å². The molecule has 0 fully saturated rings. The molecule has 1 heterocycles. The van der Waals surface area contributed by atoms with Crippen LogP contribution in [-0.2, 0) is 6.42 Å². The van der Waals surface area contributed by atoms with Gasteiger partial charge in [0.2, 0.25) is 0 Å². The van der Waals surface area contributed by atoms with E-state index in [1.54, 1.807) is 12.1 Å². The van der Waals surface area contributed by atoms with Crippen LogP contribution in [0.5, 0.6) is 0 Å². The van der Waals surface area contributed by atoms with Crippen LogP contribution in [0.25, 0.3) is 0 Å². The van der Waals surface area contributed by atoms with Gasteiger partial charge in [0.1, 0.15) is 5.82 Å². The normalized spacial score (nSPS) is 10.4. The van der Waals surface area contributed by atoms with Crippen LogP contribution in [0.2, 0.25) is 0 Å². The van der Waals surface area contributed by atoms with Crippen LogP contribution in [0.15, 0.2) is 12.1 Å². The zero-order chi connectivity index (χ0) is 13.5. The van der Waals surface area contributed by atoms with Gasteiger partial charge in [-0.2, -0.15) is 0 Å². The number of carboxylic acids is 1. The van der Waals surface area contributed by atoms with Gasteiger partial charge in [-0.05, 0) is 25.6 Å². The summed E-state index contributed by atoms with van der Waals surface area (Å²) in [4.78, 5) is 17.5. The van der Waals surface area contributed by atoms with Crippen molar-refractivity contribution in [2.75, 3.05) is 32.1 Å². The Morgan fingerprint density at radius 1 is 1.50 bits per heavy atom. The number of nitrogens with one attached hydrogen (secondary N) is 1. The van der Waals surface area contributed by atoms with Crippen molar-refractivity contribution in [3.63, 3.8) is 0 Å². The molecule has 0 aliphatic carbocycles. The van der Waals surface area contributed by atoms with Crippen molar-refractivity contribution >= 4 is 11.8 Å². The standard InChI is InChI=1S/C13H21N3O2/c1-4-5-11-8-10(13(17)18)9-12(15-11)16(3)7-6-14-2/h8-9,14H,4-7H2,1-3H3,(H,17,18). The number of aromatic nitrogens is 1. The maximum atomic E-state index is 11.1. The highest BCUT2D eigenvalue weighted by Crippen LogP contribution is 2.15. The summed E-state index contributed by atoms with van der Waals surface area (Å²) in [7, 11) is 3.80. The minimum absolute atomic E-state index is 0.305. The van der Waals surface area contributed by atoms with Crippen LogP contribution >= 0.6 is 0 Å². The van der Waals surface area contributed by atoms with E-state index in [-0.39, 0.29) is 0 Å². The van der Waals surface area contributed by atoms with Crippen LogP contribution in [0, 0.1) is 0 Å². The highest BCUT2D eigenvalue weighted by Gasteiger charge is 2.10. The molecule has 1 rings (SSSR count). The number of aromatic carboxylic acids is 1. The molecule has 0 aliphatic heterocycles. The van der Waals surface area contributed by atoms with Crippen molar-refractivity contribution in [2.24, 2.45) is 0 Å². The highest BCUT2D eigenvalue weighted by molar-refractivity contribution is 5.88. The van der Waals surface area contributed by atoms with Gasteiger partial charge in [-0.25, -0.2) is 9.78 Å². The zero-order valence-corrected chi connectivity index (χ0v) is 11.2. The number of hydrogen-bond acceptors (Lipinski definition) is 4. The van der Waals surface area contributed by atoms with E-state index in [0.717, 1.165) is 31.6 Å². The molecule has 0 amide bonds. The smallest absolute Gasteiger partial charge is 0.335 e. The second-order valence-electron chi connectivity index (χ2n) is 4.29. The first-order valence-electron chi connectivity index (χ1n) is 6.18. The topological polar surface area (TPSA) is 65.5 Å². The minimum atomic E-state index is -0.905. The van der Waals surface area contributed by atoms with Gasteiger partial charge in [0.25, 0.3) is 0 Å². The summed E-state index contributed by atoms with van der Waals surface area (Å²) in [6.07, 6.45) is 1.75. The van der Waals surface area contributed by atoms with E-state index < -0.39 is 5.97 Å². The summed E-state index contributed by atoms with van der Waals surface area (Å²) in [6, 6.07) is 3.28. The highest BCUT2D eigenvalue weighted by atomic mass is 16.4. The third-order valence-electron chi connectivity index (χ3n) is 2.71. The predicted octanol–water partition coefficient (Wildman–Crippen LogP) is 1.39.